The smallest absolute Gasteiger partial charge is 0.115 e. The van der Waals surface area contributed by atoms with Gasteiger partial charge in [-0.05, 0) is 72.1 Å². The third-order valence-corrected chi connectivity index (χ3v) is 7.13. The van der Waals surface area contributed by atoms with Crippen molar-refractivity contribution in [3.05, 3.63) is 29.3 Å². The van der Waals surface area contributed by atoms with E-state index in [1.807, 2.05) is 12.1 Å². The summed E-state index contributed by atoms with van der Waals surface area (Å²) >= 11 is 3.69. The van der Waals surface area contributed by atoms with E-state index in [1.165, 1.54) is 24.0 Å². The van der Waals surface area contributed by atoms with Gasteiger partial charge in [-0.25, -0.2) is 0 Å². The van der Waals surface area contributed by atoms with Crippen LogP contribution in [0.1, 0.15) is 49.7 Å². The van der Waals surface area contributed by atoms with Crippen molar-refractivity contribution < 1.29 is 5.11 Å². The first-order chi connectivity index (χ1) is 10.1. The Labute approximate surface area is 135 Å². The van der Waals surface area contributed by atoms with Gasteiger partial charge in [0.1, 0.15) is 5.75 Å². The molecule has 0 aromatic heterocycles. The highest BCUT2D eigenvalue weighted by Crippen LogP contribution is 2.56. The molecule has 4 atom stereocenters. The maximum atomic E-state index is 9.69. The van der Waals surface area contributed by atoms with Gasteiger partial charge in [0.25, 0.3) is 0 Å². The number of alkyl halides is 1. The Balaban J connectivity index is 1.96. The Kier molecular flexibility index (Phi) is 4.01. The first kappa shape index (κ1) is 14.9. The lowest BCUT2D eigenvalue weighted by atomic mass is 9.54. The molecule has 0 saturated heterocycles. The summed E-state index contributed by atoms with van der Waals surface area (Å²) in [5.74, 6) is 2.03. The van der Waals surface area contributed by atoms with Gasteiger partial charge >= 0.3 is 0 Å². The molecule has 3 heteroatoms. The maximum absolute atomic E-state index is 9.69. The zero-order chi connectivity index (χ0) is 15.0. The van der Waals surface area contributed by atoms with E-state index in [0.717, 1.165) is 18.2 Å². The highest BCUT2D eigenvalue weighted by Gasteiger charge is 2.47. The second kappa shape index (κ2) is 5.65. The molecule has 0 heterocycles. The summed E-state index contributed by atoms with van der Waals surface area (Å²) in [5, 5.41) is 19.9. The molecule has 0 radical (unpaired) electrons. The number of phenols is 1. The van der Waals surface area contributed by atoms with Crippen LogP contribution in [0.3, 0.4) is 0 Å². The van der Waals surface area contributed by atoms with E-state index in [4.69, 9.17) is 0 Å². The van der Waals surface area contributed by atoms with Crippen molar-refractivity contribution in [2.24, 2.45) is 17.3 Å². The third kappa shape index (κ3) is 2.48. The monoisotopic (exact) mass is 347 g/mol. The van der Waals surface area contributed by atoms with E-state index in [2.05, 4.69) is 35.0 Å². The van der Waals surface area contributed by atoms with Crippen LogP contribution in [-0.2, 0) is 6.42 Å². The zero-order valence-corrected chi connectivity index (χ0v) is 14.1. The van der Waals surface area contributed by atoms with Crippen LogP contribution in [0, 0.1) is 28.6 Å². The van der Waals surface area contributed by atoms with Gasteiger partial charge < -0.3 is 5.11 Å². The molecule has 1 fully saturated rings. The number of hydrogen-bond acceptors (Lipinski definition) is 2. The molecule has 2 aliphatic rings. The molecular formula is C18H22BrNO. The highest BCUT2D eigenvalue weighted by atomic mass is 79.9. The molecule has 1 saturated carbocycles. The molecular weight excluding hydrogens is 326 g/mol. The average Bonchev–Trinajstić information content (AvgIpc) is 2.49. The normalized spacial score (nSPS) is 34.6. The highest BCUT2D eigenvalue weighted by molar-refractivity contribution is 9.09. The Bertz CT molecular complexity index is 579. The molecule has 2 nitrogen and oxygen atoms in total. The number of fused-ring (bicyclic) bond motifs is 3. The lowest BCUT2D eigenvalue weighted by Gasteiger charge is -2.51. The number of benzene rings is 1. The van der Waals surface area contributed by atoms with Crippen LogP contribution in [0.15, 0.2) is 18.2 Å². The fraction of sp³-hybridized carbons (Fsp3) is 0.611. The Morgan fingerprint density at radius 2 is 2.24 bits per heavy atom. The molecule has 0 amide bonds. The van der Waals surface area contributed by atoms with E-state index < -0.39 is 0 Å². The van der Waals surface area contributed by atoms with Gasteiger partial charge in [-0.3, -0.25) is 0 Å². The lowest BCUT2D eigenvalue weighted by molar-refractivity contribution is 0.0543. The van der Waals surface area contributed by atoms with Gasteiger partial charge in [0.15, 0.2) is 0 Å². The SMILES string of the molecule is C[C@]1(CBr)CC[C@@H]2c3ccc(O)cc3CC[C@H]2[C@@H]1CC#N. The van der Waals surface area contributed by atoms with Crippen molar-refractivity contribution in [3.63, 3.8) is 0 Å². The fourth-order valence-electron chi connectivity index (χ4n) is 4.63. The second-order valence-electron chi connectivity index (χ2n) is 6.99. The number of aryl methyl sites for hydroxylation is 1. The van der Waals surface area contributed by atoms with E-state index in [1.54, 1.807) is 0 Å². The molecule has 1 aromatic carbocycles. The Morgan fingerprint density at radius 1 is 1.43 bits per heavy atom. The molecule has 1 aromatic rings. The summed E-state index contributed by atoms with van der Waals surface area (Å²) in [6, 6.07) is 8.30. The van der Waals surface area contributed by atoms with Crippen molar-refractivity contribution in [3.8, 4) is 11.8 Å². The van der Waals surface area contributed by atoms with Crippen LogP contribution in [0.5, 0.6) is 5.75 Å². The number of aromatic hydroxyl groups is 1. The topological polar surface area (TPSA) is 44.0 Å². The van der Waals surface area contributed by atoms with Gasteiger partial charge in [0.2, 0.25) is 0 Å². The van der Waals surface area contributed by atoms with Gasteiger partial charge in [-0.1, -0.05) is 28.9 Å². The summed E-state index contributed by atoms with van der Waals surface area (Å²) in [4.78, 5) is 0. The van der Waals surface area contributed by atoms with Crippen LogP contribution in [0.2, 0.25) is 0 Å². The molecule has 3 rings (SSSR count). The molecule has 0 spiro atoms. The standard InChI is InChI=1S/C18H22BrNO/c1-18(11-19)8-6-15-14-5-3-13(21)10-12(14)2-4-16(15)17(18)7-9-20/h3,5,10,15-17,21H,2,4,6-8,11H2,1H3/t15-,16-,17+,18-/m1/s1. The minimum Gasteiger partial charge on any atom is -0.508 e. The lowest BCUT2D eigenvalue weighted by Crippen LogP contribution is -2.43. The Hall–Kier alpha value is -1.01. The maximum Gasteiger partial charge on any atom is 0.115 e. The summed E-state index contributed by atoms with van der Waals surface area (Å²) in [6.07, 6.45) is 5.22. The number of halogens is 1. The first-order valence-electron chi connectivity index (χ1n) is 7.84. The third-order valence-electron chi connectivity index (χ3n) is 5.84. The van der Waals surface area contributed by atoms with Crippen molar-refractivity contribution in [1.82, 2.24) is 0 Å². The van der Waals surface area contributed by atoms with Gasteiger partial charge in [0, 0.05) is 11.8 Å². The largest absolute Gasteiger partial charge is 0.508 e. The van der Waals surface area contributed by atoms with E-state index in [0.29, 0.717) is 29.9 Å². The van der Waals surface area contributed by atoms with Gasteiger partial charge in [-0.15, -0.1) is 0 Å². The van der Waals surface area contributed by atoms with E-state index >= 15 is 0 Å². The van der Waals surface area contributed by atoms with Crippen LogP contribution in [0.25, 0.3) is 0 Å². The minimum absolute atomic E-state index is 0.241. The second-order valence-corrected chi connectivity index (χ2v) is 7.55. The number of nitriles is 1. The van der Waals surface area contributed by atoms with E-state index in [-0.39, 0.29) is 5.41 Å². The molecule has 0 bridgehead atoms. The van der Waals surface area contributed by atoms with Crippen molar-refractivity contribution >= 4 is 15.9 Å². The molecule has 0 aliphatic heterocycles. The average molecular weight is 348 g/mol. The summed E-state index contributed by atoms with van der Waals surface area (Å²) < 4.78 is 0. The number of nitrogens with zero attached hydrogens (tertiary/aromatic N) is 1. The number of rotatable bonds is 2. The van der Waals surface area contributed by atoms with Crippen LogP contribution >= 0.6 is 15.9 Å². The van der Waals surface area contributed by atoms with Crippen LogP contribution in [0.4, 0.5) is 0 Å². The van der Waals surface area contributed by atoms with Crippen molar-refractivity contribution in [2.75, 3.05) is 5.33 Å². The summed E-state index contributed by atoms with van der Waals surface area (Å²) in [7, 11) is 0. The van der Waals surface area contributed by atoms with Crippen LogP contribution < -0.4 is 0 Å². The minimum atomic E-state index is 0.241. The van der Waals surface area contributed by atoms with Gasteiger partial charge in [-0.2, -0.15) is 5.26 Å². The predicted molar refractivity (Wildman–Crippen MR) is 87.5 cm³/mol. The van der Waals surface area contributed by atoms with Crippen molar-refractivity contribution in [1.29, 1.82) is 5.26 Å². The molecule has 112 valence electrons. The summed E-state index contributed by atoms with van der Waals surface area (Å²) in [5.41, 5.74) is 2.98. The quantitative estimate of drug-likeness (QED) is 0.783. The molecule has 0 unspecified atom stereocenters. The molecule has 21 heavy (non-hydrogen) atoms. The van der Waals surface area contributed by atoms with Crippen LogP contribution in [-0.4, -0.2) is 10.4 Å². The molecule has 1 N–H and O–H groups in total. The van der Waals surface area contributed by atoms with E-state index in [9.17, 15) is 10.4 Å². The van der Waals surface area contributed by atoms with Gasteiger partial charge in [0.05, 0.1) is 6.07 Å². The zero-order valence-electron chi connectivity index (χ0n) is 12.5. The number of phenolic OH excluding ortho intramolecular Hbond substituents is 1. The first-order valence-corrected chi connectivity index (χ1v) is 8.96. The Morgan fingerprint density at radius 3 is 2.95 bits per heavy atom. The molecule has 2 aliphatic carbocycles. The predicted octanol–water partition coefficient (Wildman–Crippen LogP) is 4.76. The van der Waals surface area contributed by atoms with Crippen molar-refractivity contribution in [2.45, 2.75) is 44.9 Å². The fourth-order valence-corrected chi connectivity index (χ4v) is 5.32. The summed E-state index contributed by atoms with van der Waals surface area (Å²) in [6.45, 7) is 2.34. The number of hydrogen-bond donors (Lipinski definition) is 1.